The predicted molar refractivity (Wildman–Crippen MR) is 52.7 cm³/mol. The van der Waals surface area contributed by atoms with Crippen LogP contribution >= 0.6 is 0 Å². The number of aliphatic hydroxyl groups is 2. The Hall–Kier alpha value is -2.09. The Bertz CT molecular complexity index is 514. The lowest BCUT2D eigenvalue weighted by molar-refractivity contribution is 0.0234. The number of aromatic nitrogens is 2. The minimum atomic E-state index is -1.59. The zero-order valence-corrected chi connectivity index (χ0v) is 7.99. The average Bonchev–Trinajstić information content (AvgIpc) is 2.28. The smallest absolute Gasteiger partial charge is 0.268 e. The maximum atomic E-state index is 11.2. The summed E-state index contributed by atoms with van der Waals surface area (Å²) in [6, 6.07) is 0.864. The summed E-state index contributed by atoms with van der Waals surface area (Å²) in [5.74, 6) is 0. The third kappa shape index (κ3) is 2.70. The summed E-state index contributed by atoms with van der Waals surface area (Å²) in [5, 5.41) is 25.9. The zero-order chi connectivity index (χ0) is 12.1. The second-order valence-corrected chi connectivity index (χ2v) is 2.97. The fraction of sp³-hybridized carbons (Fsp3) is 0.429. The van der Waals surface area contributed by atoms with Crippen molar-refractivity contribution in [3.05, 3.63) is 42.8 Å². The minimum Gasteiger partial charge on any atom is -0.390 e. The van der Waals surface area contributed by atoms with E-state index < -0.39 is 29.9 Å². The average molecular weight is 227 g/mol. The quantitative estimate of drug-likeness (QED) is 0.288. The van der Waals surface area contributed by atoms with Gasteiger partial charge in [0.25, 0.3) is 11.1 Å². The van der Waals surface area contributed by atoms with E-state index in [-0.39, 0.29) is 5.56 Å². The number of azide groups is 1. The summed E-state index contributed by atoms with van der Waals surface area (Å²) >= 11 is 0. The molecule has 0 aromatic carbocycles. The monoisotopic (exact) mass is 227 g/mol. The van der Waals surface area contributed by atoms with Crippen molar-refractivity contribution in [1.82, 2.24) is 10.2 Å². The minimum absolute atomic E-state index is 0.288. The fourth-order valence-electron chi connectivity index (χ4n) is 1.08. The number of nitrogens with zero attached hydrogens (tertiary/aromatic N) is 3. The molecule has 1 rings (SSSR count). The second-order valence-electron chi connectivity index (χ2n) is 2.97. The standard InChI is InChI=1S/C7H9N5O4/c8-12-9-2-4(13)6(15)3-1-5(14)10-11-7(3)16/h1,4,6,13,15H,2H2,(H,10,14)(H,11,16). The fourth-order valence-corrected chi connectivity index (χ4v) is 1.08. The molecule has 1 aromatic heterocycles. The van der Waals surface area contributed by atoms with E-state index in [1.54, 1.807) is 0 Å². The molecule has 2 unspecified atom stereocenters. The van der Waals surface area contributed by atoms with Crippen LogP contribution in [-0.2, 0) is 0 Å². The van der Waals surface area contributed by atoms with Gasteiger partial charge in [-0.25, -0.2) is 0 Å². The molecular weight excluding hydrogens is 218 g/mol. The van der Waals surface area contributed by atoms with Crippen LogP contribution in [0.15, 0.2) is 20.8 Å². The second kappa shape index (κ2) is 5.12. The van der Waals surface area contributed by atoms with E-state index in [0.29, 0.717) is 0 Å². The maximum Gasteiger partial charge on any atom is 0.268 e. The van der Waals surface area contributed by atoms with Crippen molar-refractivity contribution in [3.63, 3.8) is 0 Å². The van der Waals surface area contributed by atoms with Crippen molar-refractivity contribution < 1.29 is 10.2 Å². The van der Waals surface area contributed by atoms with Crippen LogP contribution in [0.3, 0.4) is 0 Å². The predicted octanol–water partition coefficient (Wildman–Crippen LogP) is -1.23. The van der Waals surface area contributed by atoms with Crippen molar-refractivity contribution in [2.24, 2.45) is 5.11 Å². The van der Waals surface area contributed by atoms with Crippen molar-refractivity contribution >= 4 is 0 Å². The molecule has 0 fully saturated rings. The molecule has 86 valence electrons. The third-order valence-electron chi connectivity index (χ3n) is 1.86. The number of nitrogens with one attached hydrogen (secondary N) is 2. The van der Waals surface area contributed by atoms with Gasteiger partial charge in [0.15, 0.2) is 0 Å². The highest BCUT2D eigenvalue weighted by Crippen LogP contribution is 2.11. The van der Waals surface area contributed by atoms with Crippen molar-refractivity contribution in [1.29, 1.82) is 0 Å². The lowest BCUT2D eigenvalue weighted by atomic mass is 10.1. The lowest BCUT2D eigenvalue weighted by Gasteiger charge is -2.14. The Morgan fingerprint density at radius 1 is 1.44 bits per heavy atom. The molecule has 9 nitrogen and oxygen atoms in total. The maximum absolute atomic E-state index is 11.2. The van der Waals surface area contributed by atoms with Gasteiger partial charge in [0.2, 0.25) is 0 Å². The number of hydrogen-bond acceptors (Lipinski definition) is 5. The molecule has 1 heterocycles. The van der Waals surface area contributed by atoms with E-state index in [2.05, 4.69) is 10.0 Å². The highest BCUT2D eigenvalue weighted by atomic mass is 16.3. The van der Waals surface area contributed by atoms with Gasteiger partial charge in [-0.3, -0.25) is 19.8 Å². The lowest BCUT2D eigenvalue weighted by Crippen LogP contribution is -2.30. The number of aromatic amines is 2. The normalized spacial score (nSPS) is 13.9. The van der Waals surface area contributed by atoms with E-state index in [1.807, 2.05) is 10.2 Å². The van der Waals surface area contributed by atoms with Crippen molar-refractivity contribution in [2.45, 2.75) is 12.2 Å². The van der Waals surface area contributed by atoms with Crippen LogP contribution in [0.5, 0.6) is 0 Å². The first kappa shape index (κ1) is 12.0. The zero-order valence-electron chi connectivity index (χ0n) is 7.99. The molecule has 0 spiro atoms. The van der Waals surface area contributed by atoms with E-state index in [4.69, 9.17) is 5.53 Å². The molecule has 2 atom stereocenters. The van der Waals surface area contributed by atoms with Crippen molar-refractivity contribution in [2.75, 3.05) is 6.54 Å². The molecule has 0 bridgehead atoms. The Morgan fingerprint density at radius 3 is 2.75 bits per heavy atom. The molecule has 0 aliphatic heterocycles. The molecule has 0 radical (unpaired) electrons. The highest BCUT2D eigenvalue weighted by molar-refractivity contribution is 5.11. The first-order valence-corrected chi connectivity index (χ1v) is 4.25. The van der Waals surface area contributed by atoms with Gasteiger partial charge in [0.05, 0.1) is 18.2 Å². The SMILES string of the molecule is [N-]=[N+]=NCC(O)C(O)c1cc(=O)[nH][nH]c1=O. The van der Waals surface area contributed by atoms with Crippen molar-refractivity contribution in [3.8, 4) is 0 Å². The van der Waals surface area contributed by atoms with Gasteiger partial charge in [0, 0.05) is 11.0 Å². The number of rotatable bonds is 4. The first-order valence-electron chi connectivity index (χ1n) is 4.25. The van der Waals surface area contributed by atoms with Gasteiger partial charge in [-0.2, -0.15) is 0 Å². The Kier molecular flexibility index (Phi) is 3.84. The molecule has 0 amide bonds. The van der Waals surface area contributed by atoms with Gasteiger partial charge in [-0.1, -0.05) is 5.11 Å². The Balaban J connectivity index is 2.99. The molecule has 0 saturated carbocycles. The number of aliphatic hydroxyl groups excluding tert-OH is 2. The van der Waals surface area contributed by atoms with E-state index in [0.717, 1.165) is 6.07 Å². The van der Waals surface area contributed by atoms with Crippen LogP contribution in [0.4, 0.5) is 0 Å². The summed E-state index contributed by atoms with van der Waals surface area (Å²) < 4.78 is 0. The summed E-state index contributed by atoms with van der Waals surface area (Å²) in [6.45, 7) is -0.399. The first-order chi connectivity index (χ1) is 7.56. The van der Waals surface area contributed by atoms with Crippen LogP contribution in [-0.4, -0.2) is 33.1 Å². The van der Waals surface area contributed by atoms with Crippen LogP contribution in [0.2, 0.25) is 0 Å². The topological polar surface area (TPSA) is 155 Å². The van der Waals surface area contributed by atoms with Crippen LogP contribution < -0.4 is 11.1 Å². The third-order valence-corrected chi connectivity index (χ3v) is 1.86. The summed E-state index contributed by atoms with van der Waals surface area (Å²) in [5.41, 5.74) is 6.37. The molecule has 4 N–H and O–H groups in total. The van der Waals surface area contributed by atoms with E-state index >= 15 is 0 Å². The Labute approximate surface area is 88.0 Å². The molecule has 0 saturated heterocycles. The molecule has 0 aliphatic rings. The number of hydrogen-bond donors (Lipinski definition) is 4. The number of H-pyrrole nitrogens is 2. The molecular formula is C7H9N5O4. The summed E-state index contributed by atoms with van der Waals surface area (Å²) in [6.07, 6.45) is -3.03. The molecule has 9 heteroatoms. The molecule has 16 heavy (non-hydrogen) atoms. The highest BCUT2D eigenvalue weighted by Gasteiger charge is 2.20. The largest absolute Gasteiger partial charge is 0.390 e. The van der Waals surface area contributed by atoms with Gasteiger partial charge in [-0.05, 0) is 5.53 Å². The van der Waals surface area contributed by atoms with Gasteiger partial charge >= 0.3 is 0 Å². The van der Waals surface area contributed by atoms with Crippen LogP contribution in [0, 0.1) is 0 Å². The molecule has 0 aliphatic carbocycles. The van der Waals surface area contributed by atoms with Crippen LogP contribution in [0.25, 0.3) is 10.4 Å². The molecule has 1 aromatic rings. The summed E-state index contributed by atoms with van der Waals surface area (Å²) in [7, 11) is 0. The van der Waals surface area contributed by atoms with E-state index in [1.165, 1.54) is 0 Å². The van der Waals surface area contributed by atoms with Gasteiger partial charge in [0.1, 0.15) is 6.10 Å². The summed E-state index contributed by atoms with van der Waals surface area (Å²) in [4.78, 5) is 24.5. The van der Waals surface area contributed by atoms with Crippen LogP contribution in [0.1, 0.15) is 11.7 Å². The van der Waals surface area contributed by atoms with Gasteiger partial charge < -0.3 is 10.2 Å². The Morgan fingerprint density at radius 2 is 2.12 bits per heavy atom. The van der Waals surface area contributed by atoms with E-state index in [9.17, 15) is 19.8 Å². The van der Waals surface area contributed by atoms with Gasteiger partial charge in [-0.15, -0.1) is 0 Å².